The van der Waals surface area contributed by atoms with Crippen LogP contribution in [0.1, 0.15) is 19.8 Å². The van der Waals surface area contributed by atoms with Gasteiger partial charge in [0.15, 0.2) is 0 Å². The van der Waals surface area contributed by atoms with E-state index in [1.54, 1.807) is 6.92 Å². The summed E-state index contributed by atoms with van der Waals surface area (Å²) < 4.78 is 5.38. The number of hydrogen-bond acceptors (Lipinski definition) is 3. The van der Waals surface area contributed by atoms with Gasteiger partial charge < -0.3 is 9.84 Å². The molecule has 0 amide bonds. The van der Waals surface area contributed by atoms with E-state index in [2.05, 4.69) is 4.90 Å². The zero-order chi connectivity index (χ0) is 9.42. The maximum atomic E-state index is 10.8. The molecule has 2 aliphatic heterocycles. The number of carboxylic acids is 1. The predicted octanol–water partition coefficient (Wildman–Crippen LogP) is 0.323. The van der Waals surface area contributed by atoms with E-state index in [0.717, 1.165) is 12.8 Å². The predicted molar refractivity (Wildman–Crippen MR) is 46.6 cm³/mol. The van der Waals surface area contributed by atoms with E-state index >= 15 is 0 Å². The van der Waals surface area contributed by atoms with Crippen molar-refractivity contribution in [1.82, 2.24) is 4.90 Å². The summed E-state index contributed by atoms with van der Waals surface area (Å²) in [6.07, 6.45) is 2.17. The Labute approximate surface area is 77.5 Å². The second kappa shape index (κ2) is 3.27. The molecule has 2 bridgehead atoms. The smallest absolute Gasteiger partial charge is 0.320 e. The molecule has 2 saturated heterocycles. The van der Waals surface area contributed by atoms with Crippen molar-refractivity contribution in [1.29, 1.82) is 0 Å². The van der Waals surface area contributed by atoms with Crippen LogP contribution < -0.4 is 0 Å². The lowest BCUT2D eigenvalue weighted by atomic mass is 10.2. The highest BCUT2D eigenvalue weighted by atomic mass is 16.5. The summed E-state index contributed by atoms with van der Waals surface area (Å²) in [7, 11) is 0. The van der Waals surface area contributed by atoms with E-state index in [1.807, 2.05) is 0 Å². The minimum absolute atomic E-state index is 0.338. The molecule has 74 valence electrons. The SMILES string of the molecule is C[C@@H](C(=O)O)N1[C@@H]2CC[C@H]1COC2. The van der Waals surface area contributed by atoms with Crippen LogP contribution >= 0.6 is 0 Å². The fourth-order valence-electron chi connectivity index (χ4n) is 2.42. The molecule has 2 rings (SSSR count). The first kappa shape index (κ1) is 8.97. The Morgan fingerprint density at radius 2 is 2.00 bits per heavy atom. The molecule has 0 saturated carbocycles. The molecule has 0 unspecified atom stereocenters. The van der Waals surface area contributed by atoms with Crippen LogP contribution in [0.2, 0.25) is 0 Å². The highest BCUT2D eigenvalue weighted by Crippen LogP contribution is 2.30. The van der Waals surface area contributed by atoms with E-state index in [9.17, 15) is 4.79 Å². The molecule has 0 radical (unpaired) electrons. The first-order valence-corrected chi connectivity index (χ1v) is 4.78. The van der Waals surface area contributed by atoms with Gasteiger partial charge in [-0.3, -0.25) is 9.69 Å². The van der Waals surface area contributed by atoms with Gasteiger partial charge in [-0.2, -0.15) is 0 Å². The third-order valence-electron chi connectivity index (χ3n) is 3.10. The van der Waals surface area contributed by atoms with Gasteiger partial charge in [0.2, 0.25) is 0 Å². The molecule has 13 heavy (non-hydrogen) atoms. The number of aliphatic carboxylic acids is 1. The Kier molecular flexibility index (Phi) is 2.26. The highest BCUT2D eigenvalue weighted by Gasteiger charge is 2.41. The number of carbonyl (C=O) groups is 1. The van der Waals surface area contributed by atoms with Crippen molar-refractivity contribution >= 4 is 5.97 Å². The third kappa shape index (κ3) is 1.44. The van der Waals surface area contributed by atoms with Crippen LogP contribution in [0.5, 0.6) is 0 Å². The summed E-state index contributed by atoms with van der Waals surface area (Å²) in [5, 5.41) is 8.92. The summed E-state index contributed by atoms with van der Waals surface area (Å²) in [5.41, 5.74) is 0. The Balaban J connectivity index is 2.10. The number of morpholine rings is 1. The lowest BCUT2D eigenvalue weighted by Gasteiger charge is -2.37. The van der Waals surface area contributed by atoms with Gasteiger partial charge in [0.05, 0.1) is 13.2 Å². The average Bonchev–Trinajstić information content (AvgIpc) is 2.34. The zero-order valence-corrected chi connectivity index (χ0v) is 7.77. The minimum atomic E-state index is -0.723. The van der Waals surface area contributed by atoms with Crippen molar-refractivity contribution < 1.29 is 14.6 Å². The van der Waals surface area contributed by atoms with Crippen molar-refractivity contribution in [3.63, 3.8) is 0 Å². The molecule has 0 aromatic heterocycles. The lowest BCUT2D eigenvalue weighted by molar-refractivity contribution is -0.147. The molecule has 3 atom stereocenters. The summed E-state index contributed by atoms with van der Waals surface area (Å²) in [4.78, 5) is 12.9. The maximum Gasteiger partial charge on any atom is 0.320 e. The summed E-state index contributed by atoms with van der Waals surface area (Å²) >= 11 is 0. The lowest BCUT2D eigenvalue weighted by Crippen LogP contribution is -2.52. The standard InChI is InChI=1S/C9H15NO3/c1-6(9(11)12)10-7-2-3-8(10)5-13-4-7/h6-8H,2-5H2,1H3,(H,11,12)/t6-,7-,8+/m0/s1. The summed E-state index contributed by atoms with van der Waals surface area (Å²) in [6, 6.07) is 0.316. The molecule has 1 N–H and O–H groups in total. The molecule has 2 fully saturated rings. The van der Waals surface area contributed by atoms with Gasteiger partial charge in [0.25, 0.3) is 0 Å². The number of ether oxygens (including phenoxy) is 1. The number of rotatable bonds is 2. The zero-order valence-electron chi connectivity index (χ0n) is 7.77. The number of hydrogen-bond donors (Lipinski definition) is 1. The van der Waals surface area contributed by atoms with Crippen molar-refractivity contribution in [2.75, 3.05) is 13.2 Å². The van der Waals surface area contributed by atoms with E-state index in [0.29, 0.717) is 25.3 Å². The first-order valence-electron chi connectivity index (χ1n) is 4.78. The Bertz CT molecular complexity index is 203. The third-order valence-corrected chi connectivity index (χ3v) is 3.10. The molecule has 0 aromatic rings. The van der Waals surface area contributed by atoms with Crippen LogP contribution in [0, 0.1) is 0 Å². The van der Waals surface area contributed by atoms with E-state index < -0.39 is 5.97 Å². The molecule has 2 aliphatic rings. The molecular formula is C9H15NO3. The van der Waals surface area contributed by atoms with Crippen molar-refractivity contribution in [3.05, 3.63) is 0 Å². The highest BCUT2D eigenvalue weighted by molar-refractivity contribution is 5.73. The van der Waals surface area contributed by atoms with Crippen molar-refractivity contribution in [2.24, 2.45) is 0 Å². The van der Waals surface area contributed by atoms with Gasteiger partial charge in [0.1, 0.15) is 6.04 Å². The monoisotopic (exact) mass is 185 g/mol. The van der Waals surface area contributed by atoms with Gasteiger partial charge in [-0.05, 0) is 19.8 Å². The van der Waals surface area contributed by atoms with Gasteiger partial charge in [0, 0.05) is 12.1 Å². The fourth-order valence-corrected chi connectivity index (χ4v) is 2.42. The molecule has 0 spiro atoms. The topological polar surface area (TPSA) is 49.8 Å². The fraction of sp³-hybridized carbons (Fsp3) is 0.889. The Morgan fingerprint density at radius 3 is 2.46 bits per heavy atom. The average molecular weight is 185 g/mol. The van der Waals surface area contributed by atoms with Crippen LogP contribution in [0.25, 0.3) is 0 Å². The Morgan fingerprint density at radius 1 is 1.46 bits per heavy atom. The van der Waals surface area contributed by atoms with Crippen molar-refractivity contribution in [2.45, 2.75) is 37.9 Å². The minimum Gasteiger partial charge on any atom is -0.480 e. The van der Waals surface area contributed by atoms with Crippen LogP contribution in [0.4, 0.5) is 0 Å². The quantitative estimate of drug-likeness (QED) is 0.673. The van der Waals surface area contributed by atoms with Crippen LogP contribution in [-0.2, 0) is 9.53 Å². The number of nitrogens with zero attached hydrogens (tertiary/aromatic N) is 1. The van der Waals surface area contributed by atoms with Gasteiger partial charge in [-0.1, -0.05) is 0 Å². The molecular weight excluding hydrogens is 170 g/mol. The largest absolute Gasteiger partial charge is 0.480 e. The second-order valence-corrected chi connectivity index (χ2v) is 3.88. The summed E-state index contributed by atoms with van der Waals surface area (Å²) in [5.74, 6) is -0.723. The van der Waals surface area contributed by atoms with Gasteiger partial charge >= 0.3 is 5.97 Å². The number of carboxylic acid groups (broad SMARTS) is 1. The van der Waals surface area contributed by atoms with E-state index in [4.69, 9.17) is 9.84 Å². The number of fused-ring (bicyclic) bond motifs is 2. The van der Waals surface area contributed by atoms with E-state index in [1.165, 1.54) is 0 Å². The van der Waals surface area contributed by atoms with E-state index in [-0.39, 0.29) is 6.04 Å². The molecule has 4 heteroatoms. The van der Waals surface area contributed by atoms with Crippen LogP contribution in [0.3, 0.4) is 0 Å². The van der Waals surface area contributed by atoms with Gasteiger partial charge in [-0.25, -0.2) is 0 Å². The molecule has 0 aromatic carbocycles. The normalized spacial score (nSPS) is 36.1. The molecule has 0 aliphatic carbocycles. The van der Waals surface area contributed by atoms with Crippen LogP contribution in [-0.4, -0.2) is 47.3 Å². The molecule has 4 nitrogen and oxygen atoms in total. The first-order chi connectivity index (χ1) is 6.20. The maximum absolute atomic E-state index is 10.8. The van der Waals surface area contributed by atoms with Crippen LogP contribution in [0.15, 0.2) is 0 Å². The molecule has 2 heterocycles. The second-order valence-electron chi connectivity index (χ2n) is 3.88. The Hall–Kier alpha value is -0.610. The summed E-state index contributed by atoms with van der Waals surface area (Å²) in [6.45, 7) is 3.17. The van der Waals surface area contributed by atoms with Crippen molar-refractivity contribution in [3.8, 4) is 0 Å². The van der Waals surface area contributed by atoms with Gasteiger partial charge in [-0.15, -0.1) is 0 Å².